The number of nitrogens with zero attached hydrogens (tertiary/aromatic N) is 1. The zero-order valence-corrected chi connectivity index (χ0v) is 19.8. The van der Waals surface area contributed by atoms with Crippen molar-refractivity contribution in [1.82, 2.24) is 4.98 Å². The maximum atomic E-state index is 11.0. The van der Waals surface area contributed by atoms with Gasteiger partial charge in [-0.15, -0.1) is 0 Å². The topological polar surface area (TPSA) is 45.1 Å². The zero-order valence-electron chi connectivity index (χ0n) is 19.8. The van der Waals surface area contributed by atoms with Gasteiger partial charge in [0.05, 0.1) is 17.9 Å². The van der Waals surface area contributed by atoms with Gasteiger partial charge < -0.3 is 10.4 Å². The fourth-order valence-corrected chi connectivity index (χ4v) is 4.26. The number of benzene rings is 3. The molecule has 0 atom stereocenters. The van der Waals surface area contributed by atoms with Crippen LogP contribution in [-0.2, 0) is 6.54 Å². The lowest BCUT2D eigenvalue weighted by molar-refractivity contribution is 0.479. The smallest absolute Gasteiger partial charge is 0.132 e. The van der Waals surface area contributed by atoms with Crippen molar-refractivity contribution < 1.29 is 5.11 Å². The van der Waals surface area contributed by atoms with Crippen molar-refractivity contribution in [2.45, 2.75) is 46.1 Å². The van der Waals surface area contributed by atoms with Crippen LogP contribution >= 0.6 is 0 Å². The van der Waals surface area contributed by atoms with Gasteiger partial charge in [0.15, 0.2) is 0 Å². The van der Waals surface area contributed by atoms with Crippen molar-refractivity contribution in [2.24, 2.45) is 0 Å². The molecule has 0 spiro atoms. The average Bonchev–Trinajstić information content (AvgIpc) is 2.83. The molecule has 3 aromatic carbocycles. The Balaban J connectivity index is 1.64. The molecular formula is C30H32N2O. The number of aromatic hydroxyl groups is 1. The number of anilines is 1. The zero-order chi connectivity index (χ0) is 23.4. The van der Waals surface area contributed by atoms with E-state index in [4.69, 9.17) is 4.98 Å². The van der Waals surface area contributed by atoms with Crippen molar-refractivity contribution in [1.29, 1.82) is 0 Å². The number of rotatable bonds is 7. The second kappa shape index (κ2) is 9.91. The van der Waals surface area contributed by atoms with Crippen LogP contribution in [0.5, 0.6) is 5.75 Å². The van der Waals surface area contributed by atoms with E-state index in [0.29, 0.717) is 18.4 Å². The second-order valence-electron chi connectivity index (χ2n) is 9.06. The molecule has 0 aliphatic rings. The van der Waals surface area contributed by atoms with Gasteiger partial charge in [-0.1, -0.05) is 94.4 Å². The van der Waals surface area contributed by atoms with E-state index < -0.39 is 0 Å². The Bertz CT molecular complexity index is 1200. The first-order valence-electron chi connectivity index (χ1n) is 11.7. The van der Waals surface area contributed by atoms with Gasteiger partial charge in [-0.25, -0.2) is 0 Å². The Morgan fingerprint density at radius 1 is 0.697 bits per heavy atom. The standard InChI is InChI=1S/C30H32N2O/c1-20(2)24-14-9-15-25(21(3)4)29(24)31-19-23-13-8-18-28(32-23)27-17-10-16-26(30(27)33)22-11-6-5-7-12-22/h5-18,20-21,31,33H,19H2,1-4H3. The van der Waals surface area contributed by atoms with Crippen LogP contribution in [0.25, 0.3) is 22.4 Å². The highest BCUT2D eigenvalue weighted by Crippen LogP contribution is 2.37. The third-order valence-electron chi connectivity index (χ3n) is 6.02. The lowest BCUT2D eigenvalue weighted by atomic mass is 9.92. The predicted octanol–water partition coefficient (Wildman–Crippen LogP) is 7.98. The van der Waals surface area contributed by atoms with Crippen LogP contribution in [0.2, 0.25) is 0 Å². The summed E-state index contributed by atoms with van der Waals surface area (Å²) in [5, 5.41) is 14.7. The van der Waals surface area contributed by atoms with Crippen molar-refractivity contribution in [3.05, 3.63) is 102 Å². The fraction of sp³-hybridized carbons (Fsp3) is 0.233. The van der Waals surface area contributed by atoms with E-state index >= 15 is 0 Å². The quantitative estimate of drug-likeness (QED) is 0.309. The highest BCUT2D eigenvalue weighted by atomic mass is 16.3. The van der Waals surface area contributed by atoms with Crippen molar-refractivity contribution in [3.63, 3.8) is 0 Å². The molecule has 3 nitrogen and oxygen atoms in total. The summed E-state index contributed by atoms with van der Waals surface area (Å²) in [5.74, 6) is 1.12. The molecule has 0 fully saturated rings. The molecule has 2 N–H and O–H groups in total. The summed E-state index contributed by atoms with van der Waals surface area (Å²) in [6, 6.07) is 28.3. The van der Waals surface area contributed by atoms with Gasteiger partial charge in [0.2, 0.25) is 0 Å². The van der Waals surface area contributed by atoms with Crippen LogP contribution in [-0.4, -0.2) is 10.1 Å². The molecule has 33 heavy (non-hydrogen) atoms. The first-order valence-corrected chi connectivity index (χ1v) is 11.7. The Morgan fingerprint density at radius 2 is 1.30 bits per heavy atom. The van der Waals surface area contributed by atoms with E-state index in [1.807, 2.05) is 66.7 Å². The number of para-hydroxylation sites is 2. The van der Waals surface area contributed by atoms with Crippen molar-refractivity contribution in [2.75, 3.05) is 5.32 Å². The van der Waals surface area contributed by atoms with E-state index in [0.717, 1.165) is 28.1 Å². The van der Waals surface area contributed by atoms with Crippen LogP contribution in [0.3, 0.4) is 0 Å². The fourth-order valence-electron chi connectivity index (χ4n) is 4.26. The number of phenolic OH excluding ortho intramolecular Hbond substituents is 1. The number of phenols is 1. The normalized spacial score (nSPS) is 11.2. The van der Waals surface area contributed by atoms with Crippen LogP contribution in [0, 0.1) is 0 Å². The Kier molecular flexibility index (Phi) is 6.79. The third-order valence-corrected chi connectivity index (χ3v) is 6.02. The molecule has 0 saturated carbocycles. The van der Waals surface area contributed by atoms with Gasteiger partial charge in [0, 0.05) is 16.8 Å². The van der Waals surface area contributed by atoms with Crippen molar-refractivity contribution in [3.8, 4) is 28.1 Å². The summed E-state index contributed by atoms with van der Waals surface area (Å²) in [6.07, 6.45) is 0. The van der Waals surface area contributed by atoms with Gasteiger partial charge in [-0.2, -0.15) is 0 Å². The van der Waals surface area contributed by atoms with Gasteiger partial charge >= 0.3 is 0 Å². The monoisotopic (exact) mass is 436 g/mol. The number of hydrogen-bond acceptors (Lipinski definition) is 3. The number of aromatic nitrogens is 1. The Labute approximate surface area is 197 Å². The highest BCUT2D eigenvalue weighted by Gasteiger charge is 2.15. The van der Waals surface area contributed by atoms with Gasteiger partial charge in [-0.05, 0) is 46.7 Å². The predicted molar refractivity (Wildman–Crippen MR) is 139 cm³/mol. The summed E-state index contributed by atoms with van der Waals surface area (Å²) < 4.78 is 0. The molecule has 3 heteroatoms. The lowest BCUT2D eigenvalue weighted by Gasteiger charge is -2.21. The molecular weight excluding hydrogens is 404 g/mol. The maximum Gasteiger partial charge on any atom is 0.132 e. The van der Waals surface area contributed by atoms with Gasteiger partial charge in [0.1, 0.15) is 5.75 Å². The Morgan fingerprint density at radius 3 is 1.97 bits per heavy atom. The molecule has 0 radical (unpaired) electrons. The Hall–Kier alpha value is -3.59. The van der Waals surface area contributed by atoms with Crippen LogP contribution < -0.4 is 5.32 Å². The summed E-state index contributed by atoms with van der Waals surface area (Å²) >= 11 is 0. The van der Waals surface area contributed by atoms with Crippen molar-refractivity contribution >= 4 is 5.69 Å². The molecule has 0 saturated heterocycles. The van der Waals surface area contributed by atoms with E-state index in [-0.39, 0.29) is 5.75 Å². The van der Waals surface area contributed by atoms with Crippen LogP contribution in [0.15, 0.2) is 84.9 Å². The SMILES string of the molecule is CC(C)c1cccc(C(C)C)c1NCc1cccc(-c2cccc(-c3ccccc3)c2O)n1. The number of nitrogens with one attached hydrogen (secondary N) is 1. The molecule has 0 aliphatic heterocycles. The molecule has 4 aromatic rings. The average molecular weight is 437 g/mol. The maximum absolute atomic E-state index is 11.0. The van der Waals surface area contributed by atoms with E-state index in [2.05, 4.69) is 51.2 Å². The largest absolute Gasteiger partial charge is 0.507 e. The minimum Gasteiger partial charge on any atom is -0.507 e. The van der Waals surface area contributed by atoms with Gasteiger partial charge in [0.25, 0.3) is 0 Å². The van der Waals surface area contributed by atoms with Gasteiger partial charge in [-0.3, -0.25) is 4.98 Å². The summed E-state index contributed by atoms with van der Waals surface area (Å²) in [6.45, 7) is 9.53. The minimum atomic E-state index is 0.258. The van der Waals surface area contributed by atoms with Crippen LogP contribution in [0.1, 0.15) is 56.4 Å². The summed E-state index contributed by atoms with van der Waals surface area (Å²) in [5.41, 5.74) is 8.10. The molecule has 0 aliphatic carbocycles. The van der Waals surface area contributed by atoms with Crippen LogP contribution in [0.4, 0.5) is 5.69 Å². The highest BCUT2D eigenvalue weighted by molar-refractivity contribution is 5.80. The molecule has 1 aromatic heterocycles. The molecule has 1 heterocycles. The lowest BCUT2D eigenvalue weighted by Crippen LogP contribution is -2.09. The summed E-state index contributed by atoms with van der Waals surface area (Å²) in [4.78, 5) is 4.88. The molecule has 4 rings (SSSR count). The molecule has 0 unspecified atom stereocenters. The van der Waals surface area contributed by atoms with E-state index in [9.17, 15) is 5.11 Å². The second-order valence-corrected chi connectivity index (χ2v) is 9.06. The first-order chi connectivity index (χ1) is 16.0. The number of hydrogen-bond donors (Lipinski definition) is 2. The summed E-state index contributed by atoms with van der Waals surface area (Å²) in [7, 11) is 0. The third kappa shape index (κ3) is 4.93. The first kappa shape index (κ1) is 22.6. The minimum absolute atomic E-state index is 0.258. The molecule has 0 amide bonds. The number of pyridine rings is 1. The van der Waals surface area contributed by atoms with E-state index in [1.165, 1.54) is 16.8 Å². The molecule has 168 valence electrons. The molecule has 0 bridgehead atoms. The van der Waals surface area contributed by atoms with E-state index in [1.54, 1.807) is 0 Å².